The van der Waals surface area contributed by atoms with Gasteiger partial charge in [0.25, 0.3) is 0 Å². The van der Waals surface area contributed by atoms with Crippen molar-refractivity contribution in [2.45, 2.75) is 25.5 Å². The largest absolute Gasteiger partial charge is 0.507 e. The van der Waals surface area contributed by atoms with Crippen LogP contribution in [0.15, 0.2) is 31.9 Å². The first-order valence-corrected chi connectivity index (χ1v) is 7.66. The van der Waals surface area contributed by atoms with Crippen LogP contribution in [0.4, 0.5) is 0 Å². The fourth-order valence-corrected chi connectivity index (χ4v) is 2.33. The Bertz CT molecular complexity index is 846. The van der Waals surface area contributed by atoms with Crippen LogP contribution in [0.5, 0.6) is 5.75 Å². The molecule has 0 saturated heterocycles. The molecule has 2 aromatic rings. The van der Waals surface area contributed by atoms with E-state index in [9.17, 15) is 19.5 Å². The highest BCUT2D eigenvalue weighted by molar-refractivity contribution is 9.10. The maximum atomic E-state index is 11.7. The number of esters is 1. The number of carbonyl (C=O) groups excluding carboxylic acids is 1. The molecular weight excluding hydrogens is 386 g/mol. The molecule has 0 spiro atoms. The first-order chi connectivity index (χ1) is 11.3. The summed E-state index contributed by atoms with van der Waals surface area (Å²) in [6.07, 6.45) is -0.206. The van der Waals surface area contributed by atoms with Crippen molar-refractivity contribution in [2.75, 3.05) is 0 Å². The van der Waals surface area contributed by atoms with Crippen molar-refractivity contribution in [3.05, 3.63) is 38.7 Å². The molecule has 1 aromatic heterocycles. The number of aromatic hydroxyl groups is 1. The average Bonchev–Trinajstić information content (AvgIpc) is 2.51. The number of aliphatic carboxylic acids is 1. The summed E-state index contributed by atoms with van der Waals surface area (Å²) < 4.78 is 10.4. The minimum Gasteiger partial charge on any atom is -0.507 e. The zero-order valence-corrected chi connectivity index (χ0v) is 13.9. The lowest BCUT2D eigenvalue weighted by Gasteiger charge is -2.09. The van der Waals surface area contributed by atoms with E-state index in [4.69, 9.17) is 20.0 Å². The van der Waals surface area contributed by atoms with Crippen LogP contribution in [-0.2, 0) is 20.9 Å². The van der Waals surface area contributed by atoms with Crippen molar-refractivity contribution in [1.82, 2.24) is 0 Å². The Morgan fingerprint density at radius 3 is 2.71 bits per heavy atom. The molecule has 4 N–H and O–H groups in total. The van der Waals surface area contributed by atoms with E-state index in [0.717, 1.165) is 0 Å². The van der Waals surface area contributed by atoms with E-state index in [0.29, 0.717) is 15.4 Å². The van der Waals surface area contributed by atoms with Crippen molar-refractivity contribution in [1.29, 1.82) is 0 Å². The number of halogens is 1. The van der Waals surface area contributed by atoms with E-state index >= 15 is 0 Å². The number of rotatable bonds is 6. The third-order valence-corrected chi connectivity index (χ3v) is 3.90. The van der Waals surface area contributed by atoms with Crippen LogP contribution in [0.25, 0.3) is 11.0 Å². The number of carboxylic acids is 1. The number of phenols is 1. The highest BCUT2D eigenvalue weighted by Crippen LogP contribution is 2.30. The summed E-state index contributed by atoms with van der Waals surface area (Å²) in [6.45, 7) is -0.194. The summed E-state index contributed by atoms with van der Waals surface area (Å²) >= 11 is 3.16. The standard InChI is InChI=1S/C15H14BrNO7/c16-9-4-8-7(3-14(20)24-12(8)5-11(9)18)6-23-13(19)2-1-10(17)15(21)22/h3-5,10,18H,1-2,6,17H2,(H,21,22)/t10-/m0/s1. The van der Waals surface area contributed by atoms with Crippen LogP contribution in [0.2, 0.25) is 0 Å². The zero-order valence-electron chi connectivity index (χ0n) is 12.3. The second-order valence-corrected chi connectivity index (χ2v) is 5.89. The van der Waals surface area contributed by atoms with E-state index in [-0.39, 0.29) is 30.8 Å². The second kappa shape index (κ2) is 7.45. The maximum Gasteiger partial charge on any atom is 0.336 e. The van der Waals surface area contributed by atoms with Gasteiger partial charge in [-0.25, -0.2) is 4.79 Å². The van der Waals surface area contributed by atoms with Crippen LogP contribution in [-0.4, -0.2) is 28.2 Å². The molecule has 0 fully saturated rings. The van der Waals surface area contributed by atoms with Gasteiger partial charge in [-0.05, 0) is 28.4 Å². The molecule has 128 valence electrons. The molecule has 1 heterocycles. The van der Waals surface area contributed by atoms with Gasteiger partial charge in [0.2, 0.25) is 0 Å². The first-order valence-electron chi connectivity index (χ1n) is 6.87. The summed E-state index contributed by atoms with van der Waals surface area (Å²) in [5.41, 5.74) is 5.21. The molecule has 0 aliphatic heterocycles. The van der Waals surface area contributed by atoms with Gasteiger partial charge in [-0.1, -0.05) is 0 Å². The number of phenolic OH excluding ortho intramolecular Hbond substituents is 1. The third-order valence-electron chi connectivity index (χ3n) is 3.26. The molecule has 9 heteroatoms. The Morgan fingerprint density at radius 2 is 2.04 bits per heavy atom. The number of nitrogens with two attached hydrogens (primary N) is 1. The van der Waals surface area contributed by atoms with E-state index < -0.39 is 23.6 Å². The van der Waals surface area contributed by atoms with Gasteiger partial charge in [0, 0.05) is 29.5 Å². The number of carboxylic acid groups (broad SMARTS) is 1. The summed E-state index contributed by atoms with van der Waals surface area (Å²) in [5.74, 6) is -1.92. The maximum absolute atomic E-state index is 11.7. The molecule has 0 radical (unpaired) electrons. The van der Waals surface area contributed by atoms with Gasteiger partial charge in [0.05, 0.1) is 4.47 Å². The Hall–Kier alpha value is -2.39. The minimum atomic E-state index is -1.20. The van der Waals surface area contributed by atoms with Crippen molar-refractivity contribution in [3.63, 3.8) is 0 Å². The smallest absolute Gasteiger partial charge is 0.336 e. The van der Waals surface area contributed by atoms with Crippen molar-refractivity contribution in [3.8, 4) is 5.75 Å². The van der Waals surface area contributed by atoms with Crippen LogP contribution in [0.3, 0.4) is 0 Å². The SMILES string of the molecule is N[C@@H](CCC(=O)OCc1cc(=O)oc2cc(O)c(Br)cc12)C(=O)O. The number of hydrogen-bond donors (Lipinski definition) is 3. The lowest BCUT2D eigenvalue weighted by molar-refractivity contribution is -0.145. The average molecular weight is 400 g/mol. The van der Waals surface area contributed by atoms with Crippen LogP contribution in [0, 0.1) is 0 Å². The molecule has 0 aliphatic rings. The topological polar surface area (TPSA) is 140 Å². The minimum absolute atomic E-state index is 0.0503. The number of benzene rings is 1. The summed E-state index contributed by atoms with van der Waals surface area (Å²) in [4.78, 5) is 33.8. The van der Waals surface area contributed by atoms with Crippen molar-refractivity contribution >= 4 is 38.8 Å². The van der Waals surface area contributed by atoms with Gasteiger partial charge in [-0.3, -0.25) is 9.59 Å². The molecule has 1 aromatic carbocycles. The van der Waals surface area contributed by atoms with Crippen LogP contribution in [0.1, 0.15) is 18.4 Å². The third kappa shape index (κ3) is 4.33. The molecule has 0 bridgehead atoms. The van der Waals surface area contributed by atoms with E-state index in [1.165, 1.54) is 18.2 Å². The first kappa shape index (κ1) is 18.0. The number of fused-ring (bicyclic) bond motifs is 1. The van der Waals surface area contributed by atoms with E-state index in [1.54, 1.807) is 0 Å². The number of hydrogen-bond acceptors (Lipinski definition) is 7. The number of carbonyl (C=O) groups is 2. The lowest BCUT2D eigenvalue weighted by Crippen LogP contribution is -2.30. The summed E-state index contributed by atoms with van der Waals surface area (Å²) in [5, 5.41) is 18.8. The molecule has 0 saturated carbocycles. The Morgan fingerprint density at radius 1 is 1.33 bits per heavy atom. The second-order valence-electron chi connectivity index (χ2n) is 5.03. The van der Waals surface area contributed by atoms with E-state index in [1.807, 2.05) is 0 Å². The predicted octanol–water partition coefficient (Wildman–Crippen LogP) is 1.50. The monoisotopic (exact) mass is 399 g/mol. The fraction of sp³-hybridized carbons (Fsp3) is 0.267. The molecule has 2 rings (SSSR count). The van der Waals surface area contributed by atoms with Crippen molar-refractivity contribution in [2.24, 2.45) is 5.73 Å². The molecule has 0 amide bonds. The van der Waals surface area contributed by atoms with E-state index in [2.05, 4.69) is 15.9 Å². The highest BCUT2D eigenvalue weighted by atomic mass is 79.9. The molecule has 24 heavy (non-hydrogen) atoms. The van der Waals surface area contributed by atoms with Gasteiger partial charge in [-0.2, -0.15) is 0 Å². The molecule has 0 unspecified atom stereocenters. The predicted molar refractivity (Wildman–Crippen MR) is 86.5 cm³/mol. The highest BCUT2D eigenvalue weighted by Gasteiger charge is 2.15. The Labute approximate surface area is 144 Å². The van der Waals surface area contributed by atoms with Gasteiger partial charge in [0.15, 0.2) is 0 Å². The number of ether oxygens (including phenoxy) is 1. The van der Waals surface area contributed by atoms with Crippen LogP contribution >= 0.6 is 15.9 Å². The molecular formula is C15H14BrNO7. The quantitative estimate of drug-likeness (QED) is 0.490. The van der Waals surface area contributed by atoms with Gasteiger partial charge in [-0.15, -0.1) is 0 Å². The molecule has 1 atom stereocenters. The van der Waals surface area contributed by atoms with Gasteiger partial charge < -0.3 is 25.1 Å². The summed E-state index contributed by atoms with van der Waals surface area (Å²) in [6, 6.07) is 2.86. The van der Waals surface area contributed by atoms with Gasteiger partial charge >= 0.3 is 17.6 Å². The zero-order chi connectivity index (χ0) is 17.9. The van der Waals surface area contributed by atoms with Crippen molar-refractivity contribution < 1.29 is 29.0 Å². The molecule has 8 nitrogen and oxygen atoms in total. The Balaban J connectivity index is 2.12. The normalized spacial score (nSPS) is 12.1. The fourth-order valence-electron chi connectivity index (χ4n) is 1.98. The molecule has 0 aliphatic carbocycles. The lowest BCUT2D eigenvalue weighted by atomic mass is 10.1. The van der Waals surface area contributed by atoms with Gasteiger partial charge in [0.1, 0.15) is 24.0 Å². The Kier molecular flexibility index (Phi) is 5.58. The van der Waals surface area contributed by atoms with Crippen LogP contribution < -0.4 is 11.4 Å². The summed E-state index contributed by atoms with van der Waals surface area (Å²) in [7, 11) is 0.